The molecule has 3 nitrogen and oxygen atoms in total. The second-order valence-electron chi connectivity index (χ2n) is 11.8. The molecule has 0 amide bonds. The maximum absolute atomic E-state index is 4.97. The van der Waals surface area contributed by atoms with Crippen molar-refractivity contribution in [3.05, 3.63) is 133 Å². The van der Waals surface area contributed by atoms with E-state index in [0.29, 0.717) is 5.92 Å². The highest BCUT2D eigenvalue weighted by molar-refractivity contribution is 6.14. The van der Waals surface area contributed by atoms with Crippen LogP contribution < -0.4 is 0 Å². The Hall–Kier alpha value is -5.41. The van der Waals surface area contributed by atoms with Gasteiger partial charge in [0.05, 0.1) is 16.6 Å². The van der Waals surface area contributed by atoms with E-state index < -0.39 is 0 Å². The molecule has 6 aromatic rings. The molecule has 1 atom stereocenters. The van der Waals surface area contributed by atoms with Crippen LogP contribution in [0.3, 0.4) is 0 Å². The van der Waals surface area contributed by atoms with E-state index in [0.717, 1.165) is 23.3 Å². The highest BCUT2D eigenvalue weighted by atomic mass is 15.0. The smallest absolute Gasteiger partial charge is 0.139 e. The first-order chi connectivity index (χ1) is 21.2. The first kappa shape index (κ1) is 24.2. The van der Waals surface area contributed by atoms with Gasteiger partial charge in [-0.25, -0.2) is 4.98 Å². The largest absolute Gasteiger partial charge is 0.339 e. The fourth-order valence-electron chi connectivity index (χ4n) is 7.09. The molecule has 5 aromatic carbocycles. The van der Waals surface area contributed by atoms with Crippen molar-refractivity contribution in [3.8, 4) is 33.6 Å². The van der Waals surface area contributed by atoms with Gasteiger partial charge < -0.3 is 9.55 Å². The Morgan fingerprint density at radius 2 is 1.37 bits per heavy atom. The van der Waals surface area contributed by atoms with E-state index in [1.54, 1.807) is 0 Å². The molecule has 0 bridgehead atoms. The van der Waals surface area contributed by atoms with Gasteiger partial charge >= 0.3 is 0 Å². The lowest BCUT2D eigenvalue weighted by atomic mass is 9.91. The van der Waals surface area contributed by atoms with Crippen LogP contribution in [-0.4, -0.2) is 14.5 Å². The standard InChI is InChI=1S/C40H29N3/c1-25-10-9-13-29(22-25)43-36-17-8-6-14-30(36)32-23-28(19-21-37(32)43)27-18-20-35-33(24-27)38(26-11-3-2-4-12-26)39-31-15-5-7-16-34(31)41-40(39)42-35/h2-21,23-25H,22H2,1H3,(H,41,42). The molecular weight excluding hydrogens is 522 g/mol. The Balaban J connectivity index is 1.30. The van der Waals surface area contributed by atoms with Gasteiger partial charge in [-0.2, -0.15) is 0 Å². The summed E-state index contributed by atoms with van der Waals surface area (Å²) >= 11 is 0. The minimum Gasteiger partial charge on any atom is -0.339 e. The number of fused-ring (bicyclic) bond motifs is 7. The predicted octanol–water partition coefficient (Wildman–Crippen LogP) is 10.7. The molecule has 3 heteroatoms. The third-order valence-electron chi connectivity index (χ3n) is 9.05. The molecular formula is C40H29N3. The number of hydrogen-bond donors (Lipinski definition) is 1. The number of allylic oxidation sites excluding steroid dienone is 4. The summed E-state index contributed by atoms with van der Waals surface area (Å²) in [6.45, 7) is 2.29. The van der Waals surface area contributed by atoms with Crippen molar-refractivity contribution >= 4 is 49.3 Å². The molecule has 1 N–H and O–H groups in total. The van der Waals surface area contributed by atoms with E-state index in [1.165, 1.54) is 66.1 Å². The maximum Gasteiger partial charge on any atom is 0.139 e. The van der Waals surface area contributed by atoms with E-state index in [9.17, 15) is 0 Å². The van der Waals surface area contributed by atoms with Gasteiger partial charge in [-0.15, -0.1) is 0 Å². The van der Waals surface area contributed by atoms with Gasteiger partial charge in [-0.1, -0.05) is 97.9 Å². The summed E-state index contributed by atoms with van der Waals surface area (Å²) in [7, 11) is 0. The number of rotatable bonds is 3. The minimum atomic E-state index is 0.532. The van der Waals surface area contributed by atoms with Gasteiger partial charge in [0.25, 0.3) is 0 Å². The van der Waals surface area contributed by atoms with Crippen LogP contribution in [-0.2, 0) is 0 Å². The first-order valence-electron chi connectivity index (χ1n) is 15.0. The van der Waals surface area contributed by atoms with Crippen LogP contribution in [0.1, 0.15) is 13.3 Å². The van der Waals surface area contributed by atoms with Crippen molar-refractivity contribution < 1.29 is 0 Å². The summed E-state index contributed by atoms with van der Waals surface area (Å²) in [5.41, 5.74) is 12.0. The third-order valence-corrected chi connectivity index (χ3v) is 9.05. The van der Waals surface area contributed by atoms with Crippen molar-refractivity contribution in [3.63, 3.8) is 0 Å². The first-order valence-corrected chi connectivity index (χ1v) is 15.0. The average Bonchev–Trinajstić information content (AvgIpc) is 3.59. The quantitative estimate of drug-likeness (QED) is 0.233. The molecule has 0 radical (unpaired) electrons. The van der Waals surface area contributed by atoms with Gasteiger partial charge in [0.1, 0.15) is 5.82 Å². The van der Waals surface area contributed by atoms with E-state index >= 15 is 0 Å². The van der Waals surface area contributed by atoms with Crippen LogP contribution in [0, 0.1) is 5.92 Å². The van der Waals surface area contributed by atoms with Crippen molar-refractivity contribution in [1.29, 1.82) is 0 Å². The van der Waals surface area contributed by atoms with Gasteiger partial charge in [-0.3, -0.25) is 0 Å². The van der Waals surface area contributed by atoms with Crippen LogP contribution in [0.15, 0.2) is 133 Å². The number of H-pyrrole nitrogens is 1. The highest BCUT2D eigenvalue weighted by Crippen LogP contribution is 2.44. The fourth-order valence-corrected chi connectivity index (χ4v) is 7.09. The summed E-state index contributed by atoms with van der Waals surface area (Å²) in [6, 6.07) is 41.7. The van der Waals surface area contributed by atoms with Crippen molar-refractivity contribution in [2.24, 2.45) is 5.92 Å². The number of aromatic amines is 1. The molecule has 0 spiro atoms. The van der Waals surface area contributed by atoms with E-state index in [-0.39, 0.29) is 0 Å². The minimum absolute atomic E-state index is 0.532. The van der Waals surface area contributed by atoms with Gasteiger partial charge in [-0.05, 0) is 71.5 Å². The molecule has 3 heterocycles. The Morgan fingerprint density at radius 1 is 0.651 bits per heavy atom. The number of benzene rings is 5. The zero-order valence-electron chi connectivity index (χ0n) is 23.9. The lowest BCUT2D eigenvalue weighted by molar-refractivity contribution is 0.730. The number of nitrogens with zero attached hydrogens (tertiary/aromatic N) is 2. The number of pyridine rings is 1. The Bertz CT molecular complexity index is 2380. The zero-order chi connectivity index (χ0) is 28.5. The summed E-state index contributed by atoms with van der Waals surface area (Å²) in [4.78, 5) is 8.63. The van der Waals surface area contributed by atoms with Crippen LogP contribution in [0.4, 0.5) is 0 Å². The topological polar surface area (TPSA) is 33.6 Å². The van der Waals surface area contributed by atoms with Gasteiger partial charge in [0.2, 0.25) is 0 Å². The van der Waals surface area contributed by atoms with E-state index in [1.807, 2.05) is 0 Å². The molecule has 1 aliphatic carbocycles. The van der Waals surface area contributed by atoms with Crippen molar-refractivity contribution in [2.45, 2.75) is 13.3 Å². The van der Waals surface area contributed by atoms with Crippen LogP contribution in [0.5, 0.6) is 0 Å². The highest BCUT2D eigenvalue weighted by Gasteiger charge is 2.22. The Labute approximate surface area is 249 Å². The number of nitrogens with one attached hydrogen (secondary N) is 1. The molecule has 1 unspecified atom stereocenters. The SMILES string of the molecule is CC1C=CC=C(n2c3ccccc3c3cc(-c4ccc5[nH]c6nc7ccccc7c-6c(-c6ccccc6)c5c4)ccc32)C1. The second-order valence-corrected chi connectivity index (χ2v) is 11.8. The van der Waals surface area contributed by atoms with Crippen LogP contribution in [0.25, 0.3) is 83.0 Å². The molecule has 3 aliphatic rings. The molecule has 2 aliphatic heterocycles. The maximum atomic E-state index is 4.97. The van der Waals surface area contributed by atoms with Crippen LogP contribution >= 0.6 is 0 Å². The van der Waals surface area contributed by atoms with Gasteiger partial charge in [0.15, 0.2) is 0 Å². The number of aromatic nitrogens is 3. The summed E-state index contributed by atoms with van der Waals surface area (Å²) in [6.07, 6.45) is 7.80. The lowest BCUT2D eigenvalue weighted by Gasteiger charge is -2.18. The zero-order valence-corrected chi connectivity index (χ0v) is 23.9. The molecule has 204 valence electrons. The third kappa shape index (κ3) is 3.71. The molecule has 9 rings (SSSR count). The Kier molecular flexibility index (Phi) is 5.24. The van der Waals surface area contributed by atoms with E-state index in [4.69, 9.17) is 4.98 Å². The lowest BCUT2D eigenvalue weighted by Crippen LogP contribution is -2.04. The normalized spacial score (nSPS) is 15.3. The Morgan fingerprint density at radius 3 is 2.23 bits per heavy atom. The van der Waals surface area contributed by atoms with Crippen molar-refractivity contribution in [2.75, 3.05) is 0 Å². The van der Waals surface area contributed by atoms with Gasteiger partial charge in [0, 0.05) is 43.9 Å². The predicted molar refractivity (Wildman–Crippen MR) is 181 cm³/mol. The van der Waals surface area contributed by atoms with Crippen LogP contribution in [0.2, 0.25) is 0 Å². The molecule has 0 fully saturated rings. The average molecular weight is 552 g/mol. The molecule has 0 saturated heterocycles. The second kappa shape index (κ2) is 9.30. The molecule has 43 heavy (non-hydrogen) atoms. The number of para-hydroxylation sites is 2. The van der Waals surface area contributed by atoms with Crippen molar-refractivity contribution in [1.82, 2.24) is 14.5 Å². The fraction of sp³-hybridized carbons (Fsp3) is 0.0750. The molecule has 0 saturated carbocycles. The summed E-state index contributed by atoms with van der Waals surface area (Å²) < 4.78 is 2.46. The number of hydrogen-bond acceptors (Lipinski definition) is 1. The summed E-state index contributed by atoms with van der Waals surface area (Å²) in [5, 5.41) is 4.95. The molecule has 1 aromatic heterocycles. The van der Waals surface area contributed by atoms with E-state index in [2.05, 4.69) is 150 Å². The monoisotopic (exact) mass is 551 g/mol. The summed E-state index contributed by atoms with van der Waals surface area (Å²) in [5.74, 6) is 1.46.